The number of carbonyl (C=O) groups is 1. The number of amides is 1. The first-order chi connectivity index (χ1) is 10.5. The van der Waals surface area contributed by atoms with Crippen LogP contribution in [0.4, 0.5) is 5.69 Å². The normalized spacial score (nSPS) is 22.6. The van der Waals surface area contributed by atoms with Gasteiger partial charge in [0.1, 0.15) is 0 Å². The predicted octanol–water partition coefficient (Wildman–Crippen LogP) is 2.33. The van der Waals surface area contributed by atoms with Crippen molar-refractivity contribution >= 4 is 11.6 Å². The molecule has 0 aromatic heterocycles. The Labute approximate surface area is 133 Å². The molecule has 1 atom stereocenters. The van der Waals surface area contributed by atoms with E-state index < -0.39 is 0 Å². The van der Waals surface area contributed by atoms with Gasteiger partial charge in [-0.3, -0.25) is 14.6 Å². The summed E-state index contributed by atoms with van der Waals surface area (Å²) in [6, 6.07) is 4.92. The fourth-order valence-corrected chi connectivity index (χ4v) is 3.96. The number of anilines is 1. The molecule has 0 radical (unpaired) electrons. The smallest absolute Gasteiger partial charge is 0.238 e. The van der Waals surface area contributed by atoms with Crippen LogP contribution in [0.25, 0.3) is 0 Å². The molecule has 4 heteroatoms. The number of carbonyl (C=O) groups excluding carboxylic acids is 1. The van der Waals surface area contributed by atoms with E-state index in [0.717, 1.165) is 36.4 Å². The van der Waals surface area contributed by atoms with Gasteiger partial charge in [0, 0.05) is 31.4 Å². The molecule has 0 unspecified atom stereocenters. The monoisotopic (exact) mass is 301 g/mol. The average molecular weight is 301 g/mol. The molecule has 22 heavy (non-hydrogen) atoms. The quantitative estimate of drug-likeness (QED) is 0.931. The molecular formula is C18H27N3O. The van der Waals surface area contributed by atoms with Gasteiger partial charge < -0.3 is 5.32 Å². The molecule has 1 aromatic rings. The van der Waals surface area contributed by atoms with Crippen LogP contribution in [0.15, 0.2) is 12.1 Å². The second kappa shape index (κ2) is 6.39. The molecule has 2 aliphatic heterocycles. The van der Waals surface area contributed by atoms with E-state index in [2.05, 4.69) is 48.0 Å². The molecule has 2 fully saturated rings. The second-order valence-corrected chi connectivity index (χ2v) is 6.89. The number of hydrogen-bond donors (Lipinski definition) is 1. The lowest BCUT2D eigenvalue weighted by Crippen LogP contribution is -2.51. The van der Waals surface area contributed by atoms with Crippen molar-refractivity contribution in [2.24, 2.45) is 0 Å². The number of nitrogens with one attached hydrogen (secondary N) is 1. The SMILES string of the molecule is Cc1cc(C)c(NC(=O)CN2CCN3CCC[C@@H]3C2)c(C)c1. The molecule has 4 nitrogen and oxygen atoms in total. The minimum atomic E-state index is 0.113. The summed E-state index contributed by atoms with van der Waals surface area (Å²) >= 11 is 0. The zero-order chi connectivity index (χ0) is 15.7. The Bertz CT molecular complexity index is 546. The van der Waals surface area contributed by atoms with Crippen LogP contribution in [0.2, 0.25) is 0 Å². The summed E-state index contributed by atoms with van der Waals surface area (Å²) in [4.78, 5) is 17.3. The molecule has 0 bridgehead atoms. The zero-order valence-corrected chi connectivity index (χ0v) is 14.0. The maximum absolute atomic E-state index is 12.4. The average Bonchev–Trinajstić information content (AvgIpc) is 2.90. The Kier molecular flexibility index (Phi) is 4.50. The van der Waals surface area contributed by atoms with E-state index in [1.165, 1.54) is 24.9 Å². The van der Waals surface area contributed by atoms with Crippen LogP contribution >= 0.6 is 0 Å². The van der Waals surface area contributed by atoms with E-state index in [1.807, 2.05) is 0 Å². The fraction of sp³-hybridized carbons (Fsp3) is 0.611. The first-order valence-electron chi connectivity index (χ1n) is 8.37. The van der Waals surface area contributed by atoms with Crippen molar-refractivity contribution in [2.45, 2.75) is 39.7 Å². The molecule has 0 spiro atoms. The molecular weight excluding hydrogens is 274 g/mol. The Balaban J connectivity index is 1.59. The van der Waals surface area contributed by atoms with Crippen LogP contribution in [0.1, 0.15) is 29.5 Å². The number of benzene rings is 1. The lowest BCUT2D eigenvalue weighted by Gasteiger charge is -2.37. The maximum atomic E-state index is 12.4. The molecule has 0 saturated carbocycles. The number of nitrogens with zero attached hydrogens (tertiary/aromatic N) is 2. The van der Waals surface area contributed by atoms with Crippen LogP contribution in [0.3, 0.4) is 0 Å². The van der Waals surface area contributed by atoms with Crippen molar-refractivity contribution in [3.63, 3.8) is 0 Å². The van der Waals surface area contributed by atoms with Crippen LogP contribution in [-0.2, 0) is 4.79 Å². The van der Waals surface area contributed by atoms with Crippen LogP contribution in [0, 0.1) is 20.8 Å². The fourth-order valence-electron chi connectivity index (χ4n) is 3.96. The Hall–Kier alpha value is -1.39. The summed E-state index contributed by atoms with van der Waals surface area (Å²) in [7, 11) is 0. The van der Waals surface area contributed by atoms with E-state index in [0.29, 0.717) is 12.6 Å². The topological polar surface area (TPSA) is 35.6 Å². The molecule has 1 amide bonds. The summed E-state index contributed by atoms with van der Waals surface area (Å²) < 4.78 is 0. The highest BCUT2D eigenvalue weighted by Gasteiger charge is 2.31. The van der Waals surface area contributed by atoms with Gasteiger partial charge in [0.15, 0.2) is 0 Å². The highest BCUT2D eigenvalue weighted by molar-refractivity contribution is 5.93. The molecule has 120 valence electrons. The first-order valence-corrected chi connectivity index (χ1v) is 8.37. The van der Waals surface area contributed by atoms with E-state index in [1.54, 1.807) is 0 Å². The number of piperazine rings is 1. The third kappa shape index (κ3) is 3.33. The van der Waals surface area contributed by atoms with Crippen LogP contribution < -0.4 is 5.32 Å². The maximum Gasteiger partial charge on any atom is 0.238 e. The van der Waals surface area contributed by atoms with Gasteiger partial charge in [0.05, 0.1) is 6.54 Å². The minimum absolute atomic E-state index is 0.113. The van der Waals surface area contributed by atoms with Gasteiger partial charge in [-0.2, -0.15) is 0 Å². The molecule has 1 aromatic carbocycles. The highest BCUT2D eigenvalue weighted by atomic mass is 16.2. The summed E-state index contributed by atoms with van der Waals surface area (Å²) in [5.74, 6) is 0.113. The predicted molar refractivity (Wildman–Crippen MR) is 90.3 cm³/mol. The van der Waals surface area contributed by atoms with Crippen LogP contribution in [-0.4, -0.2) is 54.5 Å². The number of rotatable bonds is 3. The molecule has 2 aliphatic rings. The zero-order valence-electron chi connectivity index (χ0n) is 14.0. The summed E-state index contributed by atoms with van der Waals surface area (Å²) in [6.07, 6.45) is 2.60. The van der Waals surface area contributed by atoms with Crippen molar-refractivity contribution in [1.29, 1.82) is 0 Å². The van der Waals surface area contributed by atoms with Crippen molar-refractivity contribution in [1.82, 2.24) is 9.80 Å². The van der Waals surface area contributed by atoms with E-state index >= 15 is 0 Å². The molecule has 0 aliphatic carbocycles. The van der Waals surface area contributed by atoms with Crippen molar-refractivity contribution in [3.05, 3.63) is 28.8 Å². The molecule has 3 rings (SSSR count). The van der Waals surface area contributed by atoms with Crippen molar-refractivity contribution in [3.8, 4) is 0 Å². The van der Waals surface area contributed by atoms with Gasteiger partial charge in [0.2, 0.25) is 5.91 Å². The Morgan fingerprint density at radius 3 is 2.64 bits per heavy atom. The summed E-state index contributed by atoms with van der Waals surface area (Å²) in [6.45, 7) is 11.1. The Morgan fingerprint density at radius 1 is 1.18 bits per heavy atom. The van der Waals surface area contributed by atoms with Gasteiger partial charge >= 0.3 is 0 Å². The van der Waals surface area contributed by atoms with Gasteiger partial charge in [-0.1, -0.05) is 17.7 Å². The summed E-state index contributed by atoms with van der Waals surface area (Å²) in [5, 5.41) is 3.12. The second-order valence-electron chi connectivity index (χ2n) is 6.89. The number of hydrogen-bond acceptors (Lipinski definition) is 3. The lowest BCUT2D eigenvalue weighted by atomic mass is 10.1. The first kappa shape index (κ1) is 15.5. The molecule has 1 N–H and O–H groups in total. The molecule has 2 saturated heterocycles. The van der Waals surface area contributed by atoms with Gasteiger partial charge in [-0.15, -0.1) is 0 Å². The third-order valence-electron chi connectivity index (χ3n) is 4.98. The number of fused-ring (bicyclic) bond motifs is 1. The minimum Gasteiger partial charge on any atom is -0.324 e. The van der Waals surface area contributed by atoms with Gasteiger partial charge in [0.25, 0.3) is 0 Å². The van der Waals surface area contributed by atoms with Gasteiger partial charge in [-0.05, 0) is 51.3 Å². The van der Waals surface area contributed by atoms with E-state index in [9.17, 15) is 4.79 Å². The highest BCUT2D eigenvalue weighted by Crippen LogP contribution is 2.23. The summed E-state index contributed by atoms with van der Waals surface area (Å²) in [5.41, 5.74) is 4.51. The lowest BCUT2D eigenvalue weighted by molar-refractivity contribution is -0.117. The largest absolute Gasteiger partial charge is 0.324 e. The number of aryl methyl sites for hydroxylation is 3. The van der Waals surface area contributed by atoms with E-state index in [4.69, 9.17) is 0 Å². The standard InChI is InChI=1S/C18H27N3O/c1-13-9-14(2)18(15(3)10-13)19-17(22)12-20-7-8-21-6-4-5-16(21)11-20/h9-10,16H,4-8,11-12H2,1-3H3,(H,19,22)/t16-/m1/s1. The Morgan fingerprint density at radius 2 is 1.91 bits per heavy atom. The molecule has 2 heterocycles. The van der Waals surface area contributed by atoms with Crippen LogP contribution in [0.5, 0.6) is 0 Å². The van der Waals surface area contributed by atoms with Crippen molar-refractivity contribution < 1.29 is 4.79 Å². The third-order valence-corrected chi connectivity index (χ3v) is 4.98. The van der Waals surface area contributed by atoms with Gasteiger partial charge in [-0.25, -0.2) is 0 Å². The van der Waals surface area contributed by atoms with E-state index in [-0.39, 0.29) is 5.91 Å². The van der Waals surface area contributed by atoms with Crippen molar-refractivity contribution in [2.75, 3.05) is 38.0 Å².